The molecular weight excluding hydrogens is 370 g/mol. The number of ether oxygens (including phenoxy) is 3. The summed E-state index contributed by atoms with van der Waals surface area (Å²) >= 11 is 0. The van der Waals surface area contributed by atoms with Gasteiger partial charge < -0.3 is 19.5 Å². The van der Waals surface area contributed by atoms with Gasteiger partial charge in [-0.15, -0.1) is 0 Å². The van der Waals surface area contributed by atoms with Gasteiger partial charge in [0, 0.05) is 23.4 Å². The number of nitrogens with one attached hydrogen (secondary N) is 1. The molecule has 0 aliphatic heterocycles. The van der Waals surface area contributed by atoms with Crippen LogP contribution in [0.4, 0.5) is 5.69 Å². The largest absolute Gasteiger partial charge is 0.497 e. The molecule has 0 saturated heterocycles. The van der Waals surface area contributed by atoms with E-state index in [-0.39, 0.29) is 5.91 Å². The van der Waals surface area contributed by atoms with Gasteiger partial charge in [-0.05, 0) is 49.6 Å². The first-order valence-corrected chi connectivity index (χ1v) is 9.39. The number of hydrogen-bond donors (Lipinski definition) is 1. The normalized spacial score (nSPS) is 11.8. The zero-order valence-electron chi connectivity index (χ0n) is 17.4. The fourth-order valence-electron chi connectivity index (χ4n) is 2.81. The topological polar surface area (TPSA) is 73.9 Å². The third-order valence-corrected chi connectivity index (χ3v) is 4.49. The van der Waals surface area contributed by atoms with E-state index in [0.29, 0.717) is 17.1 Å². The van der Waals surface area contributed by atoms with Crippen LogP contribution >= 0.6 is 0 Å². The average molecular weight is 397 g/mol. The molecule has 0 unspecified atom stereocenters. The molecule has 0 bridgehead atoms. The molecule has 0 saturated carbocycles. The average Bonchev–Trinajstić information content (AvgIpc) is 2.73. The molecule has 154 valence electrons. The summed E-state index contributed by atoms with van der Waals surface area (Å²) in [6.45, 7) is 5.49. The van der Waals surface area contributed by atoms with Gasteiger partial charge in [0.2, 0.25) is 0 Å². The number of carbonyl (C=O) groups is 2. The SMILES string of the molecule is CCc1cccc(C)c1NC(=O)[C@@H](C)OC(=O)/C=C/c1ccc(OC)cc1OC. The Morgan fingerprint density at radius 3 is 2.55 bits per heavy atom. The Balaban J connectivity index is 2.02. The molecule has 1 atom stereocenters. The summed E-state index contributed by atoms with van der Waals surface area (Å²) in [5, 5.41) is 2.87. The predicted octanol–water partition coefficient (Wildman–Crippen LogP) is 4.16. The molecule has 6 nitrogen and oxygen atoms in total. The Kier molecular flexibility index (Phi) is 7.83. The summed E-state index contributed by atoms with van der Waals surface area (Å²) in [5.74, 6) is 0.212. The Morgan fingerprint density at radius 2 is 1.90 bits per heavy atom. The molecule has 0 radical (unpaired) electrons. The lowest BCUT2D eigenvalue weighted by atomic mass is 10.1. The molecule has 1 amide bonds. The van der Waals surface area contributed by atoms with Crippen LogP contribution in [0.5, 0.6) is 11.5 Å². The molecule has 0 aromatic heterocycles. The Morgan fingerprint density at radius 1 is 1.14 bits per heavy atom. The number of rotatable bonds is 8. The number of benzene rings is 2. The first-order valence-electron chi connectivity index (χ1n) is 9.39. The lowest BCUT2D eigenvalue weighted by Gasteiger charge is -2.16. The molecular formula is C23H27NO5. The monoisotopic (exact) mass is 397 g/mol. The zero-order chi connectivity index (χ0) is 21.4. The van der Waals surface area contributed by atoms with E-state index in [1.807, 2.05) is 32.0 Å². The van der Waals surface area contributed by atoms with Crippen molar-refractivity contribution in [2.75, 3.05) is 19.5 Å². The van der Waals surface area contributed by atoms with Gasteiger partial charge in [0.25, 0.3) is 5.91 Å². The van der Waals surface area contributed by atoms with E-state index in [1.165, 1.54) is 13.2 Å². The van der Waals surface area contributed by atoms with E-state index >= 15 is 0 Å². The van der Waals surface area contributed by atoms with Crippen LogP contribution in [0, 0.1) is 6.92 Å². The minimum absolute atomic E-state index is 0.377. The number of para-hydroxylation sites is 1. The Hall–Kier alpha value is -3.28. The Labute approximate surface area is 171 Å². The number of methoxy groups -OCH3 is 2. The van der Waals surface area contributed by atoms with Crippen LogP contribution in [0.25, 0.3) is 6.08 Å². The van der Waals surface area contributed by atoms with Gasteiger partial charge in [-0.3, -0.25) is 4.79 Å². The summed E-state index contributed by atoms with van der Waals surface area (Å²) < 4.78 is 15.7. The number of aryl methyl sites for hydroxylation is 2. The number of amides is 1. The number of hydrogen-bond acceptors (Lipinski definition) is 5. The van der Waals surface area contributed by atoms with Crippen molar-refractivity contribution >= 4 is 23.6 Å². The van der Waals surface area contributed by atoms with E-state index in [9.17, 15) is 9.59 Å². The molecule has 29 heavy (non-hydrogen) atoms. The summed E-state index contributed by atoms with van der Waals surface area (Å²) in [5.41, 5.74) is 3.45. The van der Waals surface area contributed by atoms with Gasteiger partial charge in [0.05, 0.1) is 14.2 Å². The van der Waals surface area contributed by atoms with Crippen LogP contribution in [0.2, 0.25) is 0 Å². The second-order valence-electron chi connectivity index (χ2n) is 6.47. The highest BCUT2D eigenvalue weighted by atomic mass is 16.5. The number of carbonyl (C=O) groups excluding carboxylic acids is 2. The number of esters is 1. The van der Waals surface area contributed by atoms with Gasteiger partial charge in [0.15, 0.2) is 6.10 Å². The third-order valence-electron chi connectivity index (χ3n) is 4.49. The van der Waals surface area contributed by atoms with E-state index in [4.69, 9.17) is 14.2 Å². The fourth-order valence-corrected chi connectivity index (χ4v) is 2.81. The minimum atomic E-state index is -0.936. The van der Waals surface area contributed by atoms with Gasteiger partial charge in [0.1, 0.15) is 11.5 Å². The maximum atomic E-state index is 12.5. The summed E-state index contributed by atoms with van der Waals surface area (Å²) in [6.07, 6.45) is 2.69. The molecule has 2 aromatic carbocycles. The van der Waals surface area contributed by atoms with Crippen molar-refractivity contribution in [1.82, 2.24) is 0 Å². The highest BCUT2D eigenvalue weighted by molar-refractivity contribution is 5.97. The summed E-state index contributed by atoms with van der Waals surface area (Å²) in [6, 6.07) is 11.1. The van der Waals surface area contributed by atoms with Crippen LogP contribution in [-0.2, 0) is 20.7 Å². The van der Waals surface area contributed by atoms with Gasteiger partial charge >= 0.3 is 5.97 Å². The van der Waals surface area contributed by atoms with Crippen molar-refractivity contribution in [2.45, 2.75) is 33.3 Å². The van der Waals surface area contributed by atoms with Gasteiger partial charge in [-0.25, -0.2) is 4.79 Å². The smallest absolute Gasteiger partial charge is 0.331 e. The molecule has 2 aromatic rings. The molecule has 6 heteroatoms. The molecule has 0 heterocycles. The van der Waals surface area contributed by atoms with E-state index in [0.717, 1.165) is 23.2 Å². The van der Waals surface area contributed by atoms with Gasteiger partial charge in [-0.2, -0.15) is 0 Å². The van der Waals surface area contributed by atoms with E-state index in [2.05, 4.69) is 5.32 Å². The highest BCUT2D eigenvalue weighted by Crippen LogP contribution is 2.25. The van der Waals surface area contributed by atoms with Crippen LogP contribution in [0.3, 0.4) is 0 Å². The predicted molar refractivity (Wildman–Crippen MR) is 113 cm³/mol. The van der Waals surface area contributed by atoms with Crippen LogP contribution < -0.4 is 14.8 Å². The molecule has 2 rings (SSSR count). The van der Waals surface area contributed by atoms with Crippen molar-refractivity contribution in [3.63, 3.8) is 0 Å². The van der Waals surface area contributed by atoms with Crippen LogP contribution in [0.1, 0.15) is 30.5 Å². The van der Waals surface area contributed by atoms with Crippen LogP contribution in [0.15, 0.2) is 42.5 Å². The molecule has 0 aliphatic rings. The first kappa shape index (κ1) is 22.0. The second-order valence-corrected chi connectivity index (χ2v) is 6.47. The highest BCUT2D eigenvalue weighted by Gasteiger charge is 2.18. The lowest BCUT2D eigenvalue weighted by Crippen LogP contribution is -2.30. The van der Waals surface area contributed by atoms with Crippen molar-refractivity contribution in [3.05, 3.63) is 59.2 Å². The third kappa shape index (κ3) is 5.85. The maximum Gasteiger partial charge on any atom is 0.331 e. The lowest BCUT2D eigenvalue weighted by molar-refractivity contribution is -0.148. The van der Waals surface area contributed by atoms with Crippen molar-refractivity contribution in [3.8, 4) is 11.5 Å². The molecule has 0 fully saturated rings. The fraction of sp³-hybridized carbons (Fsp3) is 0.304. The van der Waals surface area contributed by atoms with Crippen LogP contribution in [-0.4, -0.2) is 32.2 Å². The summed E-state index contributed by atoms with van der Waals surface area (Å²) in [7, 11) is 3.10. The van der Waals surface area contributed by atoms with E-state index < -0.39 is 12.1 Å². The zero-order valence-corrected chi connectivity index (χ0v) is 17.4. The second kappa shape index (κ2) is 10.3. The molecule has 0 aliphatic carbocycles. The molecule has 1 N–H and O–H groups in total. The maximum absolute atomic E-state index is 12.5. The summed E-state index contributed by atoms with van der Waals surface area (Å²) in [4.78, 5) is 24.6. The number of anilines is 1. The quantitative estimate of drug-likeness (QED) is 0.535. The van der Waals surface area contributed by atoms with Crippen molar-refractivity contribution in [2.24, 2.45) is 0 Å². The standard InChI is InChI=1S/C23H27NO5/c1-6-17-9-7-8-15(2)22(17)24-23(26)16(3)29-21(25)13-11-18-10-12-19(27-4)14-20(18)28-5/h7-14,16H,6H2,1-5H3,(H,24,26)/b13-11+/t16-/m1/s1. The molecule has 0 spiro atoms. The minimum Gasteiger partial charge on any atom is -0.497 e. The van der Waals surface area contributed by atoms with Crippen molar-refractivity contribution < 1.29 is 23.8 Å². The Bertz CT molecular complexity index is 904. The first-order chi connectivity index (χ1) is 13.9. The van der Waals surface area contributed by atoms with E-state index in [1.54, 1.807) is 38.3 Å². The van der Waals surface area contributed by atoms with Gasteiger partial charge in [-0.1, -0.05) is 25.1 Å². The van der Waals surface area contributed by atoms with Crippen molar-refractivity contribution in [1.29, 1.82) is 0 Å².